The van der Waals surface area contributed by atoms with Gasteiger partial charge in [0.2, 0.25) is 11.9 Å². The van der Waals surface area contributed by atoms with Gasteiger partial charge < -0.3 is 10.6 Å². The van der Waals surface area contributed by atoms with E-state index in [1.54, 1.807) is 0 Å². The number of hydrogen-bond acceptors (Lipinski definition) is 5. The number of nitrogens with zero attached hydrogens (tertiary/aromatic N) is 3. The third kappa shape index (κ3) is 3.78. The Balaban J connectivity index is 1.62. The molecule has 5 nitrogen and oxygen atoms in total. The van der Waals surface area contributed by atoms with Crippen LogP contribution in [-0.4, -0.2) is 27.5 Å². The van der Waals surface area contributed by atoms with Crippen molar-refractivity contribution < 1.29 is 0 Å². The zero-order chi connectivity index (χ0) is 16.5. The second-order valence-corrected chi connectivity index (χ2v) is 7.29. The largest absolute Gasteiger partial charge is 0.354 e. The monoisotopic (exact) mass is 343 g/mol. The van der Waals surface area contributed by atoms with Crippen molar-refractivity contribution in [3.05, 3.63) is 29.3 Å². The van der Waals surface area contributed by atoms with Gasteiger partial charge in [0, 0.05) is 18.2 Å². The van der Waals surface area contributed by atoms with E-state index in [0.29, 0.717) is 28.8 Å². The predicted octanol–water partition coefficient (Wildman–Crippen LogP) is 4.22. The number of benzene rings is 1. The van der Waals surface area contributed by atoms with Crippen LogP contribution in [0.5, 0.6) is 0 Å². The second kappa shape index (κ2) is 6.55. The first-order valence-corrected chi connectivity index (χ1v) is 9.08. The molecule has 2 N–H and O–H groups in total. The summed E-state index contributed by atoms with van der Waals surface area (Å²) in [5.41, 5.74) is 0.832. The standard InChI is InChI=1S/C18H22ClN5/c1-11(13-8-9-13)21-18-23-16(14-4-2-3-5-15(14)19)22-17(24-18)20-10-12-6-7-12/h2-5,11-13H,6-10H2,1H3,(H2,20,21,22,23,24)/t11-/m1/s1. The Morgan fingerprint density at radius 3 is 2.54 bits per heavy atom. The number of nitrogens with one attached hydrogen (secondary N) is 2. The third-order valence-electron chi connectivity index (χ3n) is 4.68. The Kier molecular flexibility index (Phi) is 4.27. The van der Waals surface area contributed by atoms with E-state index in [0.717, 1.165) is 23.9 Å². The molecular weight excluding hydrogens is 322 g/mol. The summed E-state index contributed by atoms with van der Waals surface area (Å²) in [6.45, 7) is 3.11. The smallest absolute Gasteiger partial charge is 0.228 e. The van der Waals surface area contributed by atoms with E-state index in [-0.39, 0.29) is 0 Å². The average molecular weight is 344 g/mol. The van der Waals surface area contributed by atoms with Crippen molar-refractivity contribution in [2.75, 3.05) is 17.2 Å². The van der Waals surface area contributed by atoms with Gasteiger partial charge in [-0.2, -0.15) is 15.0 Å². The molecule has 1 heterocycles. The highest BCUT2D eigenvalue weighted by molar-refractivity contribution is 6.33. The van der Waals surface area contributed by atoms with E-state index < -0.39 is 0 Å². The van der Waals surface area contributed by atoms with Crippen LogP contribution in [-0.2, 0) is 0 Å². The lowest BCUT2D eigenvalue weighted by atomic mass is 10.2. The molecule has 2 aromatic rings. The van der Waals surface area contributed by atoms with Crippen molar-refractivity contribution in [2.45, 2.75) is 38.6 Å². The van der Waals surface area contributed by atoms with Crippen LogP contribution in [0.15, 0.2) is 24.3 Å². The van der Waals surface area contributed by atoms with Gasteiger partial charge in [-0.1, -0.05) is 23.7 Å². The van der Waals surface area contributed by atoms with E-state index in [1.807, 2.05) is 24.3 Å². The van der Waals surface area contributed by atoms with Crippen molar-refractivity contribution >= 4 is 23.5 Å². The van der Waals surface area contributed by atoms with Crippen LogP contribution in [0.4, 0.5) is 11.9 Å². The first kappa shape index (κ1) is 15.6. The molecule has 2 fully saturated rings. The lowest BCUT2D eigenvalue weighted by Gasteiger charge is -2.15. The summed E-state index contributed by atoms with van der Waals surface area (Å²) in [5, 5.41) is 7.43. The van der Waals surface area contributed by atoms with Gasteiger partial charge in [-0.15, -0.1) is 0 Å². The molecular formula is C18H22ClN5. The molecule has 24 heavy (non-hydrogen) atoms. The molecule has 0 saturated heterocycles. The van der Waals surface area contributed by atoms with Crippen molar-refractivity contribution in [1.29, 1.82) is 0 Å². The maximum atomic E-state index is 6.33. The van der Waals surface area contributed by atoms with Crippen LogP contribution in [0, 0.1) is 11.8 Å². The molecule has 0 bridgehead atoms. The summed E-state index contributed by atoms with van der Waals surface area (Å²) in [4.78, 5) is 13.7. The highest BCUT2D eigenvalue weighted by Gasteiger charge is 2.28. The van der Waals surface area contributed by atoms with E-state index >= 15 is 0 Å². The fourth-order valence-electron chi connectivity index (χ4n) is 2.76. The van der Waals surface area contributed by atoms with Crippen molar-refractivity contribution in [2.24, 2.45) is 11.8 Å². The van der Waals surface area contributed by atoms with Crippen LogP contribution >= 0.6 is 11.6 Å². The van der Waals surface area contributed by atoms with Crippen molar-refractivity contribution in [3.63, 3.8) is 0 Å². The SMILES string of the molecule is C[C@@H](Nc1nc(NCC2CC2)nc(-c2ccccc2Cl)n1)C1CC1. The summed E-state index contributed by atoms with van der Waals surface area (Å²) < 4.78 is 0. The molecule has 4 rings (SSSR count). The van der Waals surface area contributed by atoms with Crippen LogP contribution in [0.2, 0.25) is 5.02 Å². The van der Waals surface area contributed by atoms with Crippen molar-refractivity contribution in [1.82, 2.24) is 15.0 Å². The van der Waals surface area contributed by atoms with E-state index in [1.165, 1.54) is 25.7 Å². The van der Waals surface area contributed by atoms with Gasteiger partial charge in [0.15, 0.2) is 5.82 Å². The topological polar surface area (TPSA) is 62.7 Å². The molecule has 0 spiro atoms. The molecule has 126 valence electrons. The van der Waals surface area contributed by atoms with Gasteiger partial charge in [0.1, 0.15) is 0 Å². The molecule has 0 aliphatic heterocycles. The number of halogens is 1. The Morgan fingerprint density at radius 2 is 1.83 bits per heavy atom. The normalized spacial score (nSPS) is 18.2. The summed E-state index contributed by atoms with van der Waals surface area (Å²) in [5.74, 6) is 3.34. The van der Waals surface area contributed by atoms with Crippen LogP contribution in [0.3, 0.4) is 0 Å². The maximum absolute atomic E-state index is 6.33. The Hall–Kier alpha value is -1.88. The molecule has 0 unspecified atom stereocenters. The van der Waals surface area contributed by atoms with Crippen molar-refractivity contribution in [3.8, 4) is 11.4 Å². The molecule has 1 atom stereocenters. The van der Waals surface area contributed by atoms with Gasteiger partial charge in [-0.05, 0) is 56.6 Å². The summed E-state index contributed by atoms with van der Waals surface area (Å²) in [6, 6.07) is 8.03. The van der Waals surface area contributed by atoms with Crippen LogP contribution in [0.1, 0.15) is 32.6 Å². The zero-order valence-electron chi connectivity index (χ0n) is 13.8. The zero-order valence-corrected chi connectivity index (χ0v) is 14.6. The number of anilines is 2. The highest BCUT2D eigenvalue weighted by Crippen LogP contribution is 2.34. The number of hydrogen-bond donors (Lipinski definition) is 2. The molecule has 1 aromatic heterocycles. The first-order chi connectivity index (χ1) is 11.7. The minimum Gasteiger partial charge on any atom is -0.354 e. The predicted molar refractivity (Wildman–Crippen MR) is 97.3 cm³/mol. The summed E-state index contributed by atoms with van der Waals surface area (Å²) >= 11 is 6.33. The van der Waals surface area contributed by atoms with Gasteiger partial charge in [0.05, 0.1) is 5.02 Å². The molecule has 1 aromatic carbocycles. The van der Waals surface area contributed by atoms with Gasteiger partial charge in [0.25, 0.3) is 0 Å². The third-order valence-corrected chi connectivity index (χ3v) is 5.01. The summed E-state index contributed by atoms with van der Waals surface area (Å²) in [7, 11) is 0. The molecule has 0 amide bonds. The Morgan fingerprint density at radius 1 is 1.08 bits per heavy atom. The summed E-state index contributed by atoms with van der Waals surface area (Å²) in [6.07, 6.45) is 5.14. The van der Waals surface area contributed by atoms with Crippen LogP contribution < -0.4 is 10.6 Å². The maximum Gasteiger partial charge on any atom is 0.228 e. The van der Waals surface area contributed by atoms with E-state index in [9.17, 15) is 0 Å². The fourth-order valence-corrected chi connectivity index (χ4v) is 2.98. The van der Waals surface area contributed by atoms with Gasteiger partial charge in [-0.3, -0.25) is 0 Å². The minimum atomic E-state index is 0.378. The molecule has 0 radical (unpaired) electrons. The Bertz CT molecular complexity index is 727. The Labute approximate surface area is 147 Å². The van der Waals surface area contributed by atoms with E-state index in [4.69, 9.17) is 11.6 Å². The van der Waals surface area contributed by atoms with Gasteiger partial charge >= 0.3 is 0 Å². The molecule has 2 aliphatic carbocycles. The number of aromatic nitrogens is 3. The quantitative estimate of drug-likeness (QED) is 0.788. The average Bonchev–Trinajstić information content (AvgIpc) is 3.47. The number of rotatable bonds is 7. The van der Waals surface area contributed by atoms with Gasteiger partial charge in [-0.25, -0.2) is 0 Å². The molecule has 6 heteroatoms. The molecule has 2 aliphatic rings. The lowest BCUT2D eigenvalue weighted by molar-refractivity contribution is 0.685. The fraction of sp³-hybridized carbons (Fsp3) is 0.500. The van der Waals surface area contributed by atoms with E-state index in [2.05, 4.69) is 32.5 Å². The first-order valence-electron chi connectivity index (χ1n) is 8.70. The lowest BCUT2D eigenvalue weighted by Crippen LogP contribution is -2.20. The highest BCUT2D eigenvalue weighted by atomic mass is 35.5. The molecule has 2 saturated carbocycles. The minimum absolute atomic E-state index is 0.378. The second-order valence-electron chi connectivity index (χ2n) is 6.88. The van der Waals surface area contributed by atoms with Crippen LogP contribution in [0.25, 0.3) is 11.4 Å².